The third-order valence-corrected chi connectivity index (χ3v) is 8.09. The van der Waals surface area contributed by atoms with Crippen LogP contribution in [0.4, 0.5) is 0 Å². The molecule has 10 heteroatoms. The van der Waals surface area contributed by atoms with Gasteiger partial charge in [-0.3, -0.25) is 14.9 Å². The predicted octanol–water partition coefficient (Wildman–Crippen LogP) is 3.61. The van der Waals surface area contributed by atoms with Crippen LogP contribution < -0.4 is 15.6 Å². The molecule has 1 unspecified atom stereocenters. The lowest BCUT2D eigenvalue weighted by Crippen LogP contribution is -2.44. The molecule has 0 spiro atoms. The molecule has 10 nitrogen and oxygen atoms in total. The molecule has 1 aliphatic carbocycles. The highest BCUT2D eigenvalue weighted by Crippen LogP contribution is 2.30. The largest absolute Gasteiger partial charge is 0.492 e. The topological polar surface area (TPSA) is 106 Å². The highest BCUT2D eigenvalue weighted by Gasteiger charge is 2.25. The van der Waals surface area contributed by atoms with Crippen molar-refractivity contribution < 1.29 is 23.7 Å². The first-order valence-corrected chi connectivity index (χ1v) is 14.7. The number of fused-ring (bicyclic) bond motifs is 1. The van der Waals surface area contributed by atoms with Crippen LogP contribution in [0.5, 0.6) is 5.75 Å². The second kappa shape index (κ2) is 13.6. The van der Waals surface area contributed by atoms with Crippen molar-refractivity contribution >= 4 is 17.0 Å². The highest BCUT2D eigenvalue weighted by atomic mass is 16.5. The zero-order valence-corrected chi connectivity index (χ0v) is 24.4. The smallest absolute Gasteiger partial charge is 0.325 e. The number of aromatic nitrogens is 3. The van der Waals surface area contributed by atoms with Gasteiger partial charge in [0.05, 0.1) is 17.6 Å². The summed E-state index contributed by atoms with van der Waals surface area (Å²) in [5.74, 6) is 1.78. The van der Waals surface area contributed by atoms with Gasteiger partial charge in [0.1, 0.15) is 30.3 Å². The maximum Gasteiger partial charge on any atom is 0.325 e. The zero-order chi connectivity index (χ0) is 28.8. The van der Waals surface area contributed by atoms with Crippen molar-refractivity contribution in [3.05, 3.63) is 46.4 Å². The Morgan fingerprint density at radius 1 is 1.17 bits per heavy atom. The number of hydrogen-bond donors (Lipinski definition) is 1. The summed E-state index contributed by atoms with van der Waals surface area (Å²) in [5.41, 5.74) is 3.45. The Kier molecular flexibility index (Phi) is 9.74. The van der Waals surface area contributed by atoms with Crippen molar-refractivity contribution in [2.45, 2.75) is 64.1 Å². The number of hydrogen-bond acceptors (Lipinski definition) is 8. The van der Waals surface area contributed by atoms with Gasteiger partial charge in [0.15, 0.2) is 0 Å². The number of carbonyl (C=O) groups is 1. The van der Waals surface area contributed by atoms with E-state index in [1.54, 1.807) is 18.7 Å². The number of methoxy groups -OCH3 is 1. The van der Waals surface area contributed by atoms with Crippen LogP contribution in [0.2, 0.25) is 0 Å². The molecule has 1 saturated carbocycles. The van der Waals surface area contributed by atoms with Crippen molar-refractivity contribution in [1.82, 2.24) is 19.4 Å². The molecule has 2 aliphatic rings. The monoisotopic (exact) mass is 566 g/mol. The van der Waals surface area contributed by atoms with Gasteiger partial charge >= 0.3 is 5.97 Å². The number of nitrogens with zero attached hydrogens (tertiary/aromatic N) is 3. The molecule has 3 aromatic rings. The van der Waals surface area contributed by atoms with E-state index >= 15 is 0 Å². The van der Waals surface area contributed by atoms with Crippen LogP contribution in [0.3, 0.4) is 0 Å². The summed E-state index contributed by atoms with van der Waals surface area (Å²) in [6, 6.07) is 7.32. The number of nitrogens with one attached hydrogen (secondary N) is 1. The van der Waals surface area contributed by atoms with E-state index in [4.69, 9.17) is 23.9 Å². The minimum Gasteiger partial charge on any atom is -0.492 e. The summed E-state index contributed by atoms with van der Waals surface area (Å²) >= 11 is 0. The molecule has 5 rings (SSSR count). The molecule has 0 bridgehead atoms. The van der Waals surface area contributed by atoms with Crippen LogP contribution in [-0.4, -0.2) is 72.3 Å². The van der Waals surface area contributed by atoms with E-state index in [0.717, 1.165) is 86.5 Å². The number of benzene rings is 1. The molecular weight excluding hydrogens is 524 g/mol. The molecule has 1 aromatic carbocycles. The number of ether oxygens (including phenoxy) is 4. The summed E-state index contributed by atoms with van der Waals surface area (Å²) in [4.78, 5) is 30.0. The summed E-state index contributed by atoms with van der Waals surface area (Å²) in [6.45, 7) is 5.28. The number of esters is 1. The van der Waals surface area contributed by atoms with Crippen molar-refractivity contribution in [2.75, 3.05) is 40.1 Å². The van der Waals surface area contributed by atoms with Gasteiger partial charge in [0.2, 0.25) is 0 Å². The average Bonchev–Trinajstić information content (AvgIpc) is 3.61. The van der Waals surface area contributed by atoms with Gasteiger partial charge in [-0.25, -0.2) is 4.98 Å². The summed E-state index contributed by atoms with van der Waals surface area (Å²) in [6.07, 6.45) is 7.97. The second-order valence-electron chi connectivity index (χ2n) is 11.2. The molecular formula is C31H42N4O6. The molecule has 0 radical (unpaired) electrons. The van der Waals surface area contributed by atoms with E-state index in [1.165, 1.54) is 0 Å². The van der Waals surface area contributed by atoms with Gasteiger partial charge in [-0.2, -0.15) is 0 Å². The standard InChI is InChI=1S/C31H42N4O6/c1-21-16-23(19-34(2)30(21)36)29-33-26-9-8-25(17-28(26)35(29)18-22-10-13-39-14-11-22)40-15-12-32-27(20-38-3)31(37)41-24-6-4-5-7-24/h8-9,16-17,19,22,24,27,32H,4-7,10-15,18,20H2,1-3H3. The van der Waals surface area contributed by atoms with Crippen LogP contribution >= 0.6 is 0 Å². The highest BCUT2D eigenvalue weighted by molar-refractivity contribution is 5.82. The van der Waals surface area contributed by atoms with Crippen LogP contribution in [-0.2, 0) is 32.6 Å². The third kappa shape index (κ3) is 7.17. The predicted molar refractivity (Wildman–Crippen MR) is 156 cm³/mol. The average molecular weight is 567 g/mol. The number of imidazole rings is 1. The van der Waals surface area contributed by atoms with E-state index in [1.807, 2.05) is 37.4 Å². The first kappa shape index (κ1) is 29.3. The van der Waals surface area contributed by atoms with Crippen LogP contribution in [0, 0.1) is 12.8 Å². The van der Waals surface area contributed by atoms with Crippen molar-refractivity contribution in [3.63, 3.8) is 0 Å². The van der Waals surface area contributed by atoms with E-state index in [0.29, 0.717) is 24.6 Å². The van der Waals surface area contributed by atoms with Gasteiger partial charge < -0.3 is 28.1 Å². The molecule has 1 aliphatic heterocycles. The van der Waals surface area contributed by atoms with E-state index < -0.39 is 6.04 Å². The van der Waals surface area contributed by atoms with Crippen LogP contribution in [0.25, 0.3) is 22.4 Å². The molecule has 1 N–H and O–H groups in total. The summed E-state index contributed by atoms with van der Waals surface area (Å²) in [5, 5.41) is 3.23. The molecule has 0 amide bonds. The molecule has 1 atom stereocenters. The maximum atomic E-state index is 12.6. The summed E-state index contributed by atoms with van der Waals surface area (Å²) < 4.78 is 26.5. The minimum absolute atomic E-state index is 0.00956. The molecule has 222 valence electrons. The van der Waals surface area contributed by atoms with Gasteiger partial charge in [-0.05, 0) is 69.6 Å². The Balaban J connectivity index is 1.31. The Hall–Kier alpha value is -3.21. The van der Waals surface area contributed by atoms with E-state index in [2.05, 4.69) is 9.88 Å². The number of carbonyl (C=O) groups excluding carboxylic acids is 1. The Bertz CT molecular complexity index is 1360. The Morgan fingerprint density at radius 3 is 2.68 bits per heavy atom. The maximum absolute atomic E-state index is 12.6. The fourth-order valence-corrected chi connectivity index (χ4v) is 5.82. The number of aryl methyl sites for hydroxylation is 2. The molecule has 41 heavy (non-hydrogen) atoms. The Morgan fingerprint density at radius 2 is 1.95 bits per heavy atom. The van der Waals surface area contributed by atoms with E-state index in [9.17, 15) is 9.59 Å². The molecule has 1 saturated heterocycles. The first-order valence-electron chi connectivity index (χ1n) is 14.7. The summed E-state index contributed by atoms with van der Waals surface area (Å²) in [7, 11) is 3.35. The number of pyridine rings is 1. The Labute approximate surface area is 240 Å². The molecule has 3 heterocycles. The van der Waals surface area contributed by atoms with Gasteiger partial charge in [0, 0.05) is 63.9 Å². The lowest BCUT2D eigenvalue weighted by atomic mass is 10.00. The normalized spacial score (nSPS) is 17.2. The quantitative estimate of drug-likeness (QED) is 0.262. The van der Waals surface area contributed by atoms with Gasteiger partial charge in [-0.15, -0.1) is 0 Å². The first-order chi connectivity index (χ1) is 19.9. The van der Waals surface area contributed by atoms with Crippen molar-refractivity contribution in [2.24, 2.45) is 13.0 Å². The van der Waals surface area contributed by atoms with Gasteiger partial charge in [0.25, 0.3) is 5.56 Å². The molecule has 2 aromatic heterocycles. The fourth-order valence-electron chi connectivity index (χ4n) is 5.82. The van der Waals surface area contributed by atoms with Crippen molar-refractivity contribution in [1.29, 1.82) is 0 Å². The van der Waals surface area contributed by atoms with Crippen LogP contribution in [0.15, 0.2) is 35.3 Å². The van der Waals surface area contributed by atoms with Gasteiger partial charge in [-0.1, -0.05) is 0 Å². The fraction of sp³-hybridized carbons (Fsp3) is 0.581. The van der Waals surface area contributed by atoms with Crippen LogP contribution in [0.1, 0.15) is 44.1 Å². The zero-order valence-electron chi connectivity index (χ0n) is 24.4. The van der Waals surface area contributed by atoms with E-state index in [-0.39, 0.29) is 24.2 Å². The lowest BCUT2D eigenvalue weighted by molar-refractivity contribution is -0.152. The van der Waals surface area contributed by atoms with Crippen molar-refractivity contribution in [3.8, 4) is 17.1 Å². The number of rotatable bonds is 12. The minimum atomic E-state index is -0.527. The molecule has 2 fully saturated rings. The third-order valence-electron chi connectivity index (χ3n) is 8.09. The second-order valence-corrected chi connectivity index (χ2v) is 11.2. The SMILES string of the molecule is COCC(NCCOc1ccc2nc(-c3cc(C)c(=O)n(C)c3)n(CC3CCOCC3)c2c1)C(=O)OC1CCCC1. The lowest BCUT2D eigenvalue weighted by Gasteiger charge is -2.23.